The number of hydrogen-bond acceptors (Lipinski definition) is 3. The monoisotopic (exact) mass is 280 g/mol. The van der Waals surface area contributed by atoms with Crippen LogP contribution in [0, 0.1) is 0 Å². The summed E-state index contributed by atoms with van der Waals surface area (Å²) in [4.78, 5) is 16.8. The van der Waals surface area contributed by atoms with Gasteiger partial charge in [0.05, 0.1) is 16.7 Å². The van der Waals surface area contributed by atoms with Crippen molar-refractivity contribution in [3.8, 4) is 0 Å². The summed E-state index contributed by atoms with van der Waals surface area (Å²) >= 11 is 0. The summed E-state index contributed by atoms with van der Waals surface area (Å²) in [5.41, 5.74) is 1.48. The first kappa shape index (κ1) is 13.3. The van der Waals surface area contributed by atoms with E-state index in [2.05, 4.69) is 20.5 Å². The smallest absolute Gasteiger partial charge is 0.273 e. The highest BCUT2D eigenvalue weighted by molar-refractivity contribution is 6.04. The molecule has 0 saturated heterocycles. The number of nitrogens with zero attached hydrogens (tertiary/aromatic N) is 2. The van der Waals surface area contributed by atoms with Crippen molar-refractivity contribution >= 4 is 16.8 Å². The third kappa shape index (κ3) is 2.50. The zero-order chi connectivity index (χ0) is 14.9. The van der Waals surface area contributed by atoms with Gasteiger partial charge in [0.2, 0.25) is 0 Å². The Labute approximate surface area is 122 Å². The van der Waals surface area contributed by atoms with Crippen LogP contribution in [0.25, 0.3) is 10.9 Å². The maximum atomic E-state index is 12.5. The van der Waals surface area contributed by atoms with Crippen LogP contribution in [-0.2, 0) is 5.54 Å². The third-order valence-electron chi connectivity index (χ3n) is 3.42. The van der Waals surface area contributed by atoms with Crippen molar-refractivity contribution < 1.29 is 4.79 Å². The Morgan fingerprint density at radius 2 is 1.90 bits per heavy atom. The van der Waals surface area contributed by atoms with E-state index in [-0.39, 0.29) is 5.91 Å². The lowest BCUT2D eigenvalue weighted by Gasteiger charge is -2.25. The van der Waals surface area contributed by atoms with Crippen molar-refractivity contribution in [3.05, 3.63) is 60.0 Å². The normalized spacial score (nSPS) is 11.5. The minimum Gasteiger partial charge on any atom is -0.340 e. The topological polar surface area (TPSA) is 70.7 Å². The molecule has 0 fully saturated rings. The van der Waals surface area contributed by atoms with Crippen LogP contribution in [0.1, 0.15) is 30.0 Å². The number of para-hydroxylation sites is 1. The highest BCUT2D eigenvalue weighted by Crippen LogP contribution is 2.20. The Morgan fingerprint density at radius 1 is 1.14 bits per heavy atom. The van der Waals surface area contributed by atoms with Gasteiger partial charge in [-0.2, -0.15) is 5.10 Å². The van der Waals surface area contributed by atoms with Crippen molar-refractivity contribution in [1.82, 2.24) is 20.5 Å². The fraction of sp³-hybridized carbons (Fsp3) is 0.188. The van der Waals surface area contributed by atoms with E-state index in [0.717, 1.165) is 16.6 Å². The van der Waals surface area contributed by atoms with Gasteiger partial charge in [-0.3, -0.25) is 14.9 Å². The largest absolute Gasteiger partial charge is 0.340 e. The molecule has 0 aliphatic heterocycles. The van der Waals surface area contributed by atoms with Crippen LogP contribution < -0.4 is 5.32 Å². The van der Waals surface area contributed by atoms with E-state index in [1.165, 1.54) is 0 Å². The van der Waals surface area contributed by atoms with Gasteiger partial charge in [0.1, 0.15) is 0 Å². The van der Waals surface area contributed by atoms with Gasteiger partial charge >= 0.3 is 0 Å². The molecule has 0 spiro atoms. The second kappa shape index (κ2) is 5.01. The Morgan fingerprint density at radius 3 is 2.67 bits per heavy atom. The SMILES string of the molecule is CC(C)(NC(=O)c1n[nH]c2ccccc12)c1ccccn1. The van der Waals surface area contributed by atoms with Gasteiger partial charge in [0.25, 0.3) is 5.91 Å². The number of hydrogen-bond donors (Lipinski definition) is 2. The Balaban J connectivity index is 1.90. The van der Waals surface area contributed by atoms with Gasteiger partial charge in [0, 0.05) is 11.6 Å². The fourth-order valence-corrected chi connectivity index (χ4v) is 2.28. The molecule has 0 aliphatic carbocycles. The first-order valence-corrected chi connectivity index (χ1v) is 6.75. The summed E-state index contributed by atoms with van der Waals surface area (Å²) in [5.74, 6) is -0.219. The molecule has 1 aromatic carbocycles. The summed E-state index contributed by atoms with van der Waals surface area (Å²) < 4.78 is 0. The number of carbonyl (C=O) groups excluding carboxylic acids is 1. The molecule has 0 atom stereocenters. The predicted molar refractivity (Wildman–Crippen MR) is 80.8 cm³/mol. The van der Waals surface area contributed by atoms with Crippen molar-refractivity contribution in [2.45, 2.75) is 19.4 Å². The van der Waals surface area contributed by atoms with Gasteiger partial charge in [-0.25, -0.2) is 0 Å². The second-order valence-corrected chi connectivity index (χ2v) is 5.41. The standard InChI is InChI=1S/C16H16N4O/c1-16(2,13-9-5-6-10-17-13)18-15(21)14-11-7-3-4-8-12(11)19-20-14/h3-10H,1-2H3,(H,18,21)(H,19,20). The summed E-state index contributed by atoms with van der Waals surface area (Å²) in [7, 11) is 0. The van der Waals surface area contributed by atoms with Gasteiger partial charge in [0.15, 0.2) is 5.69 Å². The summed E-state index contributed by atoms with van der Waals surface area (Å²) in [6.45, 7) is 3.84. The minimum absolute atomic E-state index is 0.219. The van der Waals surface area contributed by atoms with Gasteiger partial charge in [-0.05, 0) is 32.0 Å². The summed E-state index contributed by atoms with van der Waals surface area (Å²) in [6, 6.07) is 13.2. The maximum absolute atomic E-state index is 12.5. The second-order valence-electron chi connectivity index (χ2n) is 5.41. The average molecular weight is 280 g/mol. The van der Waals surface area contributed by atoms with Crippen LogP contribution in [0.3, 0.4) is 0 Å². The number of nitrogens with one attached hydrogen (secondary N) is 2. The molecule has 0 saturated carbocycles. The Bertz CT molecular complexity index is 777. The maximum Gasteiger partial charge on any atom is 0.273 e. The lowest BCUT2D eigenvalue weighted by atomic mass is 9.99. The van der Waals surface area contributed by atoms with E-state index in [1.54, 1.807) is 6.20 Å². The number of carbonyl (C=O) groups is 1. The molecule has 2 N–H and O–H groups in total. The lowest BCUT2D eigenvalue weighted by molar-refractivity contribution is 0.0907. The van der Waals surface area contributed by atoms with Crippen molar-refractivity contribution in [2.24, 2.45) is 0 Å². The molecule has 2 heterocycles. The minimum atomic E-state index is -0.571. The van der Waals surface area contributed by atoms with Crippen LogP contribution in [-0.4, -0.2) is 21.1 Å². The number of fused-ring (bicyclic) bond motifs is 1. The molecule has 0 aliphatic rings. The highest BCUT2D eigenvalue weighted by atomic mass is 16.2. The van der Waals surface area contributed by atoms with E-state index < -0.39 is 5.54 Å². The molecule has 0 unspecified atom stereocenters. The van der Waals surface area contributed by atoms with E-state index in [1.807, 2.05) is 56.3 Å². The molecule has 3 rings (SSSR count). The average Bonchev–Trinajstić information content (AvgIpc) is 2.92. The first-order chi connectivity index (χ1) is 10.1. The molecule has 0 bridgehead atoms. The van der Waals surface area contributed by atoms with E-state index >= 15 is 0 Å². The highest BCUT2D eigenvalue weighted by Gasteiger charge is 2.26. The van der Waals surface area contributed by atoms with E-state index in [9.17, 15) is 4.79 Å². The molecule has 0 radical (unpaired) electrons. The molecule has 21 heavy (non-hydrogen) atoms. The molecule has 5 heteroatoms. The quantitative estimate of drug-likeness (QED) is 0.774. The molecule has 1 amide bonds. The van der Waals surface area contributed by atoms with E-state index in [4.69, 9.17) is 0 Å². The van der Waals surface area contributed by atoms with Gasteiger partial charge < -0.3 is 5.32 Å². The summed E-state index contributed by atoms with van der Waals surface area (Å²) in [5, 5.41) is 10.8. The van der Waals surface area contributed by atoms with Crippen LogP contribution in [0.4, 0.5) is 0 Å². The predicted octanol–water partition coefficient (Wildman–Crippen LogP) is 2.62. The van der Waals surface area contributed by atoms with Crippen molar-refractivity contribution in [3.63, 3.8) is 0 Å². The lowest BCUT2D eigenvalue weighted by Crippen LogP contribution is -2.41. The van der Waals surface area contributed by atoms with Gasteiger partial charge in [-0.15, -0.1) is 0 Å². The number of aromatic nitrogens is 3. The molecule has 2 aromatic heterocycles. The number of rotatable bonds is 3. The first-order valence-electron chi connectivity index (χ1n) is 6.75. The fourth-order valence-electron chi connectivity index (χ4n) is 2.28. The van der Waals surface area contributed by atoms with Crippen LogP contribution in [0.15, 0.2) is 48.7 Å². The molecule has 3 aromatic rings. The number of H-pyrrole nitrogens is 1. The Kier molecular flexibility index (Phi) is 3.17. The molecule has 106 valence electrons. The molecular formula is C16H16N4O. The van der Waals surface area contributed by atoms with E-state index in [0.29, 0.717) is 5.69 Å². The third-order valence-corrected chi connectivity index (χ3v) is 3.42. The van der Waals surface area contributed by atoms with Crippen molar-refractivity contribution in [1.29, 1.82) is 0 Å². The van der Waals surface area contributed by atoms with Crippen LogP contribution in [0.2, 0.25) is 0 Å². The molecule has 5 nitrogen and oxygen atoms in total. The zero-order valence-electron chi connectivity index (χ0n) is 11.9. The number of amides is 1. The number of aromatic amines is 1. The zero-order valence-corrected chi connectivity index (χ0v) is 11.9. The van der Waals surface area contributed by atoms with Crippen molar-refractivity contribution in [2.75, 3.05) is 0 Å². The van der Waals surface area contributed by atoms with Gasteiger partial charge in [-0.1, -0.05) is 24.3 Å². The number of pyridine rings is 1. The number of benzene rings is 1. The van der Waals surface area contributed by atoms with Crippen LogP contribution in [0.5, 0.6) is 0 Å². The summed E-state index contributed by atoms with van der Waals surface area (Å²) in [6.07, 6.45) is 1.72. The molecular weight excluding hydrogens is 264 g/mol. The van der Waals surface area contributed by atoms with Crippen LogP contribution >= 0.6 is 0 Å². The Hall–Kier alpha value is -2.69.